The number of fused-ring (bicyclic) bond motifs is 1. The van der Waals surface area contributed by atoms with Crippen LogP contribution in [-0.4, -0.2) is 11.7 Å². The molecule has 2 heterocycles. The molecule has 0 spiro atoms. The van der Waals surface area contributed by atoms with E-state index in [2.05, 4.69) is 16.7 Å². The Morgan fingerprint density at radius 1 is 1.00 bits per heavy atom. The average molecular weight is 252 g/mol. The first-order chi connectivity index (χ1) is 9.29. The van der Waals surface area contributed by atoms with Gasteiger partial charge < -0.3 is 4.42 Å². The molecule has 0 radical (unpaired) electrons. The normalized spacial score (nSPS) is 9.47. The lowest BCUT2D eigenvalue weighted by Gasteiger charge is -1.91. The van der Waals surface area contributed by atoms with Crippen LogP contribution in [-0.2, 0) is 0 Å². The molecule has 0 bridgehead atoms. The summed E-state index contributed by atoms with van der Waals surface area (Å²) in [5.74, 6) is 0. The minimum absolute atomic E-state index is 0.302. The molecule has 4 heteroatoms. The summed E-state index contributed by atoms with van der Waals surface area (Å²) in [6.45, 7) is 3.35. The zero-order valence-corrected chi connectivity index (χ0v) is 10.2. The Bertz CT molecular complexity index is 721. The number of hydrogen-bond acceptors (Lipinski definition) is 4. The third-order valence-corrected chi connectivity index (χ3v) is 2.37. The van der Waals surface area contributed by atoms with E-state index in [-0.39, 0.29) is 5.63 Å². The Hall–Kier alpha value is -2.75. The first-order valence-electron chi connectivity index (χ1n) is 5.65. The molecule has 19 heavy (non-hydrogen) atoms. The standard InChI is InChI=1S/C9H6O2.C6H6N2/c10-9-6-5-7-3-1-2-4-8(7)11-9;1-7-6-2-4-8-5-3-6/h1-6H;2-5H,1H2. The molecule has 0 aliphatic carbocycles. The van der Waals surface area contributed by atoms with Crippen LogP contribution in [0.3, 0.4) is 0 Å². The second-order valence-electron chi connectivity index (χ2n) is 3.66. The van der Waals surface area contributed by atoms with Crippen LogP contribution in [0.2, 0.25) is 0 Å². The lowest BCUT2D eigenvalue weighted by atomic mass is 10.2. The van der Waals surface area contributed by atoms with Crippen molar-refractivity contribution in [2.24, 2.45) is 4.99 Å². The van der Waals surface area contributed by atoms with Crippen molar-refractivity contribution in [1.82, 2.24) is 4.98 Å². The molecule has 0 atom stereocenters. The summed E-state index contributed by atoms with van der Waals surface area (Å²) in [6, 6.07) is 14.2. The van der Waals surface area contributed by atoms with E-state index in [0.717, 1.165) is 11.1 Å². The highest BCUT2D eigenvalue weighted by Crippen LogP contribution is 2.09. The summed E-state index contributed by atoms with van der Waals surface area (Å²) in [5.41, 5.74) is 1.20. The van der Waals surface area contributed by atoms with Gasteiger partial charge in [0.25, 0.3) is 0 Å². The summed E-state index contributed by atoms with van der Waals surface area (Å²) in [5, 5.41) is 0.951. The lowest BCUT2D eigenvalue weighted by Crippen LogP contribution is -1.93. The molecule has 0 saturated heterocycles. The molecule has 0 fully saturated rings. The van der Waals surface area contributed by atoms with E-state index < -0.39 is 0 Å². The summed E-state index contributed by atoms with van der Waals surface area (Å²) in [7, 11) is 0. The Kier molecular flexibility index (Phi) is 4.18. The third-order valence-electron chi connectivity index (χ3n) is 2.37. The van der Waals surface area contributed by atoms with E-state index in [1.807, 2.05) is 18.2 Å². The van der Waals surface area contributed by atoms with Gasteiger partial charge in [-0.1, -0.05) is 18.2 Å². The molecular weight excluding hydrogens is 240 g/mol. The molecule has 0 amide bonds. The van der Waals surface area contributed by atoms with Crippen molar-refractivity contribution in [2.75, 3.05) is 0 Å². The molecule has 0 N–H and O–H groups in total. The quantitative estimate of drug-likeness (QED) is 0.493. The number of para-hydroxylation sites is 1. The van der Waals surface area contributed by atoms with Gasteiger partial charge in [-0.3, -0.25) is 9.98 Å². The molecule has 1 aromatic carbocycles. The van der Waals surface area contributed by atoms with Crippen molar-refractivity contribution < 1.29 is 4.42 Å². The van der Waals surface area contributed by atoms with Crippen molar-refractivity contribution >= 4 is 23.4 Å². The summed E-state index contributed by atoms with van der Waals surface area (Å²) in [6.07, 6.45) is 3.37. The number of nitrogens with zero attached hydrogens (tertiary/aromatic N) is 2. The molecule has 2 aromatic heterocycles. The fraction of sp³-hybridized carbons (Fsp3) is 0. The predicted molar refractivity (Wildman–Crippen MR) is 75.9 cm³/mol. The van der Waals surface area contributed by atoms with Gasteiger partial charge in [-0.05, 0) is 31.0 Å². The zero-order valence-electron chi connectivity index (χ0n) is 10.2. The highest BCUT2D eigenvalue weighted by Gasteiger charge is 1.92. The van der Waals surface area contributed by atoms with Crippen molar-refractivity contribution in [1.29, 1.82) is 0 Å². The lowest BCUT2D eigenvalue weighted by molar-refractivity contribution is 0.561. The Morgan fingerprint density at radius 2 is 1.74 bits per heavy atom. The van der Waals surface area contributed by atoms with Crippen molar-refractivity contribution in [3.05, 3.63) is 71.3 Å². The minimum atomic E-state index is -0.302. The van der Waals surface area contributed by atoms with E-state index in [1.54, 1.807) is 36.7 Å². The summed E-state index contributed by atoms with van der Waals surface area (Å²) < 4.78 is 4.91. The third kappa shape index (κ3) is 3.61. The van der Waals surface area contributed by atoms with Gasteiger partial charge >= 0.3 is 5.63 Å². The smallest absolute Gasteiger partial charge is 0.336 e. The SMILES string of the molecule is C=Nc1ccncc1.O=c1ccc2ccccc2o1. The van der Waals surface area contributed by atoms with Crippen molar-refractivity contribution in [3.8, 4) is 0 Å². The van der Waals surface area contributed by atoms with Gasteiger partial charge in [0, 0.05) is 23.8 Å². The first kappa shape index (κ1) is 12.7. The Balaban J connectivity index is 0.000000148. The van der Waals surface area contributed by atoms with Crippen molar-refractivity contribution in [2.45, 2.75) is 0 Å². The first-order valence-corrected chi connectivity index (χ1v) is 5.65. The highest BCUT2D eigenvalue weighted by atomic mass is 16.4. The van der Waals surface area contributed by atoms with E-state index in [9.17, 15) is 4.79 Å². The summed E-state index contributed by atoms with van der Waals surface area (Å²) in [4.78, 5) is 18.2. The minimum Gasteiger partial charge on any atom is -0.423 e. The van der Waals surface area contributed by atoms with Crippen molar-refractivity contribution in [3.63, 3.8) is 0 Å². The fourth-order valence-corrected chi connectivity index (χ4v) is 1.46. The van der Waals surface area contributed by atoms with Gasteiger partial charge in [-0.25, -0.2) is 4.79 Å². The molecule has 4 nitrogen and oxygen atoms in total. The molecule has 0 unspecified atom stereocenters. The number of rotatable bonds is 1. The van der Waals surface area contributed by atoms with E-state index in [1.165, 1.54) is 6.07 Å². The second-order valence-corrected chi connectivity index (χ2v) is 3.66. The van der Waals surface area contributed by atoms with Crippen LogP contribution >= 0.6 is 0 Å². The van der Waals surface area contributed by atoms with Gasteiger partial charge in [-0.15, -0.1) is 0 Å². The van der Waals surface area contributed by atoms with Crippen LogP contribution in [0.4, 0.5) is 5.69 Å². The molecular formula is C15H12N2O2. The van der Waals surface area contributed by atoms with Crippen LogP contribution in [0.1, 0.15) is 0 Å². The van der Waals surface area contributed by atoms with Gasteiger partial charge in [0.2, 0.25) is 0 Å². The zero-order chi connectivity index (χ0) is 13.5. The molecule has 0 saturated carbocycles. The molecule has 0 aliphatic heterocycles. The van der Waals surface area contributed by atoms with E-state index >= 15 is 0 Å². The van der Waals surface area contributed by atoms with Gasteiger partial charge in [-0.2, -0.15) is 0 Å². The maximum absolute atomic E-state index is 10.7. The Labute approximate surface area is 110 Å². The van der Waals surface area contributed by atoms with Crippen LogP contribution in [0.5, 0.6) is 0 Å². The largest absolute Gasteiger partial charge is 0.423 e. The van der Waals surface area contributed by atoms with Crippen LogP contribution < -0.4 is 5.63 Å². The van der Waals surface area contributed by atoms with E-state index in [4.69, 9.17) is 4.42 Å². The monoisotopic (exact) mass is 252 g/mol. The van der Waals surface area contributed by atoms with Gasteiger partial charge in [0.05, 0.1) is 5.69 Å². The highest BCUT2D eigenvalue weighted by molar-refractivity contribution is 5.75. The van der Waals surface area contributed by atoms with Crippen LogP contribution in [0.25, 0.3) is 11.0 Å². The summed E-state index contributed by atoms with van der Waals surface area (Å²) >= 11 is 0. The number of aromatic nitrogens is 1. The maximum Gasteiger partial charge on any atom is 0.336 e. The fourth-order valence-electron chi connectivity index (χ4n) is 1.46. The topological polar surface area (TPSA) is 55.5 Å². The molecule has 94 valence electrons. The average Bonchev–Trinajstić information content (AvgIpc) is 2.48. The number of benzene rings is 1. The second kappa shape index (κ2) is 6.26. The van der Waals surface area contributed by atoms with E-state index in [0.29, 0.717) is 5.58 Å². The maximum atomic E-state index is 10.7. The van der Waals surface area contributed by atoms with Crippen LogP contribution in [0, 0.1) is 0 Å². The number of hydrogen-bond donors (Lipinski definition) is 0. The molecule has 0 aliphatic rings. The Morgan fingerprint density at radius 3 is 2.42 bits per heavy atom. The van der Waals surface area contributed by atoms with Gasteiger partial charge in [0.1, 0.15) is 5.58 Å². The molecule has 3 rings (SSSR count). The predicted octanol–water partition coefficient (Wildman–Crippen LogP) is 3.21. The number of pyridine rings is 1. The van der Waals surface area contributed by atoms with Gasteiger partial charge in [0.15, 0.2) is 0 Å². The molecule has 3 aromatic rings. The van der Waals surface area contributed by atoms with Crippen LogP contribution in [0.15, 0.2) is 75.1 Å². The number of aliphatic imine (C=N–C) groups is 1.